The Bertz CT molecular complexity index is 498. The predicted octanol–water partition coefficient (Wildman–Crippen LogP) is 7.01. The van der Waals surface area contributed by atoms with Crippen molar-refractivity contribution in [1.82, 2.24) is 0 Å². The van der Waals surface area contributed by atoms with Crippen LogP contribution in [0.4, 0.5) is 0 Å². The van der Waals surface area contributed by atoms with E-state index in [0.29, 0.717) is 23.2 Å². The Labute approximate surface area is 170 Å². The summed E-state index contributed by atoms with van der Waals surface area (Å²) in [6.07, 6.45) is 11.5. The maximum Gasteiger partial charge on any atom is 0.139 e. The largest absolute Gasteiger partial charge is 0.302 e. The Morgan fingerprint density at radius 2 is 1.68 bits per heavy atom. The molecule has 25 heavy (non-hydrogen) atoms. The van der Waals surface area contributed by atoms with Crippen LogP contribution in [-0.4, -0.2) is 11.9 Å². The third-order valence-corrected chi connectivity index (χ3v) is 9.30. The van der Waals surface area contributed by atoms with Crippen molar-refractivity contribution in [1.29, 1.82) is 0 Å². The van der Waals surface area contributed by atoms with E-state index in [1.807, 2.05) is 13.8 Å². The van der Waals surface area contributed by atoms with Gasteiger partial charge in [-0.25, -0.2) is 0 Å². The first-order chi connectivity index (χ1) is 12.0. The summed E-state index contributed by atoms with van der Waals surface area (Å²) < 4.78 is 5.89. The van der Waals surface area contributed by atoms with E-state index in [1.54, 1.807) is 0 Å². The van der Waals surface area contributed by atoms with Crippen LogP contribution < -0.4 is 0 Å². The molecular weight excluding hydrogens is 443 g/mol. The molecule has 0 aromatic carbocycles. The van der Waals surface area contributed by atoms with E-state index in [-0.39, 0.29) is 5.41 Å². The summed E-state index contributed by atoms with van der Waals surface area (Å²) in [7, 11) is 1.51. The topological polar surface area (TPSA) is 26.3 Å². The second-order valence-electron chi connectivity index (χ2n) is 9.21. The van der Waals surface area contributed by atoms with Gasteiger partial charge in [0, 0.05) is 33.0 Å². The smallest absolute Gasteiger partial charge is 0.139 e. The fourth-order valence-corrected chi connectivity index (χ4v) is 8.29. The van der Waals surface area contributed by atoms with Crippen molar-refractivity contribution in [3.05, 3.63) is 0 Å². The highest BCUT2D eigenvalue weighted by atomic mass is 127. The molecule has 0 amide bonds. The Kier molecular flexibility index (Phi) is 6.53. The summed E-state index contributed by atoms with van der Waals surface area (Å²) in [6, 6.07) is 0. The van der Waals surface area contributed by atoms with Crippen molar-refractivity contribution in [2.24, 2.45) is 34.5 Å². The zero-order valence-electron chi connectivity index (χ0n) is 16.4. The molecule has 4 rings (SSSR count). The predicted molar refractivity (Wildman–Crippen MR) is 115 cm³/mol. The average molecular weight is 478 g/mol. The van der Waals surface area contributed by atoms with Crippen LogP contribution in [0.5, 0.6) is 0 Å². The van der Waals surface area contributed by atoms with E-state index in [0.717, 1.165) is 30.6 Å². The van der Waals surface area contributed by atoms with E-state index in [1.165, 1.54) is 54.2 Å². The lowest BCUT2D eigenvalue weighted by Crippen LogP contribution is -2.52. The van der Waals surface area contributed by atoms with Crippen LogP contribution in [-0.2, 0) is 8.98 Å². The highest BCUT2D eigenvalue weighted by molar-refractivity contribution is 14.2. The van der Waals surface area contributed by atoms with Crippen LogP contribution >= 0.6 is 30.4 Å². The molecule has 0 spiro atoms. The number of rotatable bonds is 2. The molecule has 5 unspecified atom stereocenters. The summed E-state index contributed by atoms with van der Waals surface area (Å²) in [5.41, 5.74) is 0.514. The van der Waals surface area contributed by atoms with E-state index < -0.39 is 0 Å². The van der Waals surface area contributed by atoms with Crippen LogP contribution in [0.1, 0.15) is 85.5 Å². The number of hydrogen-bond acceptors (Lipinski definition) is 3. The van der Waals surface area contributed by atoms with Gasteiger partial charge < -0.3 is 4.18 Å². The maximum absolute atomic E-state index is 12.4. The molecule has 0 aliphatic heterocycles. The number of halogens is 1. The summed E-state index contributed by atoms with van der Waals surface area (Å²) in [5, 5.41) is 0. The van der Waals surface area contributed by atoms with E-state index in [2.05, 4.69) is 35.1 Å². The quantitative estimate of drug-likeness (QED) is 0.316. The van der Waals surface area contributed by atoms with Gasteiger partial charge in [-0.3, -0.25) is 4.79 Å². The van der Waals surface area contributed by atoms with Gasteiger partial charge in [0.25, 0.3) is 0 Å². The number of hydrogen-bond donors (Lipinski definition) is 0. The van der Waals surface area contributed by atoms with E-state index in [4.69, 9.17) is 4.18 Å². The molecule has 144 valence electrons. The van der Waals surface area contributed by atoms with Crippen LogP contribution in [0.3, 0.4) is 0 Å². The van der Waals surface area contributed by atoms with Gasteiger partial charge in [-0.05, 0) is 80.5 Å². The minimum absolute atomic E-state index is 0.0348. The molecule has 0 bridgehead atoms. The molecule has 0 saturated heterocycles. The highest BCUT2D eigenvalue weighted by Gasteiger charge is 2.59. The fraction of sp³-hybridized carbons (Fsp3) is 0.952. The number of carbonyl (C=O) groups is 1. The minimum Gasteiger partial charge on any atom is -0.302 e. The average Bonchev–Trinajstić information content (AvgIpc) is 2.91. The lowest BCUT2D eigenvalue weighted by atomic mass is 9.46. The molecule has 4 aliphatic rings. The first kappa shape index (κ1) is 20.4. The van der Waals surface area contributed by atoms with Crippen molar-refractivity contribution >= 4 is 36.2 Å². The van der Waals surface area contributed by atoms with Gasteiger partial charge in [0.05, 0.1) is 15.3 Å². The number of ketones is 1. The molecule has 2 nitrogen and oxygen atoms in total. The molecule has 4 fully saturated rings. The van der Waals surface area contributed by atoms with Crippen molar-refractivity contribution in [3.8, 4) is 0 Å². The SMILES string of the molecule is CC.CC12CCC3C(CC[C@]4(C)C[C@H](OSI)CCC34)C1CCC2=O. The monoisotopic (exact) mass is 478 g/mol. The summed E-state index contributed by atoms with van der Waals surface area (Å²) in [6.45, 7) is 8.83. The molecule has 0 radical (unpaired) electrons. The zero-order valence-corrected chi connectivity index (χ0v) is 19.3. The number of Topliss-reactive ketones (excluding diaryl/α,β-unsaturated/α-hetero) is 1. The third-order valence-electron chi connectivity index (χ3n) is 8.33. The number of carbonyl (C=O) groups excluding carboxylic acids is 1. The summed E-state index contributed by atoms with van der Waals surface area (Å²) in [5.74, 6) is 3.85. The molecule has 4 aliphatic carbocycles. The van der Waals surface area contributed by atoms with Crippen LogP contribution in [0, 0.1) is 34.5 Å². The fourth-order valence-electron chi connectivity index (χ4n) is 7.14. The van der Waals surface area contributed by atoms with Crippen LogP contribution in [0.2, 0.25) is 0 Å². The van der Waals surface area contributed by atoms with E-state index in [9.17, 15) is 4.79 Å². The van der Waals surface area contributed by atoms with Gasteiger partial charge in [-0.2, -0.15) is 0 Å². The van der Waals surface area contributed by atoms with Gasteiger partial charge in [0.1, 0.15) is 5.78 Å². The lowest BCUT2D eigenvalue weighted by molar-refractivity contribution is -0.137. The third kappa shape index (κ3) is 3.46. The van der Waals surface area contributed by atoms with Gasteiger partial charge in [-0.1, -0.05) is 27.7 Å². The first-order valence-electron chi connectivity index (χ1n) is 10.5. The van der Waals surface area contributed by atoms with Crippen molar-refractivity contribution in [2.75, 3.05) is 0 Å². The van der Waals surface area contributed by atoms with Gasteiger partial charge in [0.2, 0.25) is 0 Å². The van der Waals surface area contributed by atoms with E-state index >= 15 is 0 Å². The molecule has 7 atom stereocenters. The number of fused-ring (bicyclic) bond motifs is 5. The van der Waals surface area contributed by atoms with Crippen LogP contribution in [0.15, 0.2) is 0 Å². The van der Waals surface area contributed by atoms with Gasteiger partial charge >= 0.3 is 0 Å². The second-order valence-corrected chi connectivity index (χ2v) is 10.6. The molecule has 0 aromatic heterocycles. The first-order valence-corrected chi connectivity index (χ1v) is 13.7. The molecule has 0 N–H and O–H groups in total. The standard InChI is InChI=1S/C19H29IO2S.C2H6/c1-18-9-7-14-13(15(18)4-3-12(11-18)22-23-20)8-10-19(2)16(14)5-6-17(19)21;1-2/h12-16H,3-11H2,1-2H3;1-2H3/t12-,13?,14?,15?,16?,18-,19?;/m1./s1. The summed E-state index contributed by atoms with van der Waals surface area (Å²) >= 11 is 2.25. The van der Waals surface area contributed by atoms with Crippen LogP contribution in [0.25, 0.3) is 0 Å². The highest BCUT2D eigenvalue weighted by Crippen LogP contribution is 2.64. The summed E-state index contributed by atoms with van der Waals surface area (Å²) in [4.78, 5) is 12.4. The van der Waals surface area contributed by atoms with Crippen molar-refractivity contribution in [2.45, 2.75) is 91.6 Å². The molecule has 4 saturated carbocycles. The second kappa shape index (κ2) is 7.98. The molecular formula is C21H35IO2S. The Morgan fingerprint density at radius 3 is 2.40 bits per heavy atom. The van der Waals surface area contributed by atoms with Gasteiger partial charge in [-0.15, -0.1) is 0 Å². The lowest BCUT2D eigenvalue weighted by Gasteiger charge is -2.58. The van der Waals surface area contributed by atoms with Crippen molar-refractivity contribution in [3.63, 3.8) is 0 Å². The Balaban J connectivity index is 0.000000880. The Morgan fingerprint density at radius 1 is 1.00 bits per heavy atom. The zero-order chi connectivity index (χ0) is 18.2. The normalized spacial score (nSPS) is 48.7. The van der Waals surface area contributed by atoms with Crippen molar-refractivity contribution < 1.29 is 8.98 Å². The molecule has 0 aromatic rings. The maximum atomic E-state index is 12.4. The minimum atomic E-state index is 0.0348. The van der Waals surface area contributed by atoms with Gasteiger partial charge in [0.15, 0.2) is 0 Å². The molecule has 0 heterocycles. The Hall–Kier alpha value is 0.710. The molecule has 4 heteroatoms.